The second-order valence-corrected chi connectivity index (χ2v) is 8.30. The average molecular weight is 390 g/mol. The van der Waals surface area contributed by atoms with Crippen LogP contribution in [0.15, 0.2) is 36.5 Å². The largest absolute Gasteiger partial charge is 0.497 e. The van der Waals surface area contributed by atoms with Crippen LogP contribution in [0.5, 0.6) is 5.75 Å². The van der Waals surface area contributed by atoms with E-state index in [0.717, 1.165) is 35.7 Å². The molecule has 0 unspecified atom stereocenters. The van der Waals surface area contributed by atoms with Crippen LogP contribution in [0, 0.1) is 22.7 Å². The first-order chi connectivity index (χ1) is 14.0. The van der Waals surface area contributed by atoms with E-state index in [0.29, 0.717) is 31.8 Å². The molecule has 0 radical (unpaired) electrons. The lowest BCUT2D eigenvalue weighted by Crippen LogP contribution is -2.51. The number of methoxy groups -OCH3 is 1. The Balaban J connectivity index is 1.42. The highest BCUT2D eigenvalue weighted by atomic mass is 16.5. The summed E-state index contributed by atoms with van der Waals surface area (Å²) in [4.78, 5) is 24.0. The van der Waals surface area contributed by atoms with Gasteiger partial charge in [0.1, 0.15) is 17.0 Å². The van der Waals surface area contributed by atoms with E-state index in [9.17, 15) is 10.1 Å². The molecule has 1 aliphatic carbocycles. The lowest BCUT2D eigenvalue weighted by Gasteiger charge is -2.44. The third-order valence-electron chi connectivity index (χ3n) is 6.22. The van der Waals surface area contributed by atoms with Crippen LogP contribution in [0.25, 0.3) is 11.3 Å². The van der Waals surface area contributed by atoms with E-state index < -0.39 is 5.41 Å². The smallest absolute Gasteiger partial charge is 0.243 e. The van der Waals surface area contributed by atoms with Crippen molar-refractivity contribution >= 4 is 5.91 Å². The number of piperidine rings is 1. The molecule has 150 valence electrons. The van der Waals surface area contributed by atoms with Crippen molar-refractivity contribution in [1.29, 1.82) is 5.26 Å². The van der Waals surface area contributed by atoms with Crippen LogP contribution >= 0.6 is 0 Å². The molecule has 1 aromatic heterocycles. The lowest BCUT2D eigenvalue weighted by atomic mass is 9.62. The Labute approximate surface area is 171 Å². The second-order valence-electron chi connectivity index (χ2n) is 8.30. The summed E-state index contributed by atoms with van der Waals surface area (Å²) in [5.41, 5.74) is 1.14. The molecule has 2 fully saturated rings. The predicted octanol–water partition coefficient (Wildman–Crippen LogP) is 3.80. The van der Waals surface area contributed by atoms with Gasteiger partial charge in [0.15, 0.2) is 0 Å². The zero-order valence-corrected chi connectivity index (χ0v) is 17.0. The van der Waals surface area contributed by atoms with Crippen molar-refractivity contribution in [3.63, 3.8) is 0 Å². The fourth-order valence-corrected chi connectivity index (χ4v) is 4.58. The van der Waals surface area contributed by atoms with Crippen molar-refractivity contribution in [1.82, 2.24) is 14.9 Å². The van der Waals surface area contributed by atoms with E-state index in [1.54, 1.807) is 13.3 Å². The molecule has 0 spiro atoms. The Bertz CT molecular complexity index is 921. The number of carbonyl (C=O) groups excluding carboxylic acids is 1. The van der Waals surface area contributed by atoms with Crippen LogP contribution < -0.4 is 4.74 Å². The lowest BCUT2D eigenvalue weighted by molar-refractivity contribution is -0.146. The molecule has 1 amide bonds. The van der Waals surface area contributed by atoms with Crippen molar-refractivity contribution in [2.75, 3.05) is 20.2 Å². The molecule has 29 heavy (non-hydrogen) atoms. The van der Waals surface area contributed by atoms with Gasteiger partial charge in [-0.25, -0.2) is 9.97 Å². The van der Waals surface area contributed by atoms with E-state index >= 15 is 0 Å². The summed E-state index contributed by atoms with van der Waals surface area (Å²) in [6.07, 6.45) is 4.84. The zero-order chi connectivity index (χ0) is 20.4. The third-order valence-corrected chi connectivity index (χ3v) is 6.22. The van der Waals surface area contributed by atoms with Gasteiger partial charge in [-0.15, -0.1) is 0 Å². The maximum atomic E-state index is 12.9. The molecule has 0 bridgehead atoms. The number of amides is 1. The summed E-state index contributed by atoms with van der Waals surface area (Å²) in [6.45, 7) is 3.43. The second kappa shape index (κ2) is 7.82. The minimum Gasteiger partial charge on any atom is -0.497 e. The Morgan fingerprint density at radius 2 is 1.90 bits per heavy atom. The molecule has 6 heteroatoms. The van der Waals surface area contributed by atoms with Gasteiger partial charge in [0.05, 0.1) is 18.9 Å². The van der Waals surface area contributed by atoms with Crippen LogP contribution in [0.1, 0.15) is 44.3 Å². The maximum absolute atomic E-state index is 12.9. The number of likely N-dealkylation sites (tertiary alicyclic amines) is 1. The summed E-state index contributed by atoms with van der Waals surface area (Å²) in [6, 6.07) is 12.0. The van der Waals surface area contributed by atoms with Gasteiger partial charge in [-0.3, -0.25) is 4.79 Å². The van der Waals surface area contributed by atoms with E-state index in [-0.39, 0.29) is 11.8 Å². The van der Waals surface area contributed by atoms with Crippen LogP contribution in [0.3, 0.4) is 0 Å². The fourth-order valence-electron chi connectivity index (χ4n) is 4.58. The highest BCUT2D eigenvalue weighted by Crippen LogP contribution is 2.46. The van der Waals surface area contributed by atoms with Gasteiger partial charge in [0.2, 0.25) is 5.91 Å². The highest BCUT2D eigenvalue weighted by Gasteiger charge is 2.51. The molecule has 2 aromatic rings. The Morgan fingerprint density at radius 1 is 1.21 bits per heavy atom. The number of nitriles is 1. The molecular weight excluding hydrogens is 364 g/mol. The molecule has 0 N–H and O–H groups in total. The monoisotopic (exact) mass is 390 g/mol. The molecule has 0 atom stereocenters. The summed E-state index contributed by atoms with van der Waals surface area (Å²) in [5.74, 6) is 2.36. The van der Waals surface area contributed by atoms with Crippen LogP contribution in [-0.4, -0.2) is 41.0 Å². The van der Waals surface area contributed by atoms with E-state index in [1.807, 2.05) is 35.2 Å². The predicted molar refractivity (Wildman–Crippen MR) is 109 cm³/mol. The third kappa shape index (κ3) is 3.69. The van der Waals surface area contributed by atoms with Gasteiger partial charge >= 0.3 is 0 Å². The molecule has 2 aliphatic rings. The van der Waals surface area contributed by atoms with Gasteiger partial charge in [-0.05, 0) is 61.9 Å². The van der Waals surface area contributed by atoms with E-state index in [4.69, 9.17) is 9.72 Å². The number of hydrogen-bond donors (Lipinski definition) is 0. The fraction of sp³-hybridized carbons (Fsp3) is 0.478. The molecular formula is C23H26N4O2. The summed E-state index contributed by atoms with van der Waals surface area (Å²) >= 11 is 0. The number of nitrogens with zero attached hydrogens (tertiary/aromatic N) is 4. The first kappa shape index (κ1) is 19.4. The number of aromatic nitrogens is 2. The normalized spacial score (nSPS) is 24.4. The van der Waals surface area contributed by atoms with Crippen molar-refractivity contribution < 1.29 is 9.53 Å². The molecule has 1 aromatic carbocycles. The molecule has 1 saturated carbocycles. The summed E-state index contributed by atoms with van der Waals surface area (Å²) < 4.78 is 5.22. The van der Waals surface area contributed by atoms with E-state index in [1.165, 1.54) is 0 Å². The zero-order valence-electron chi connectivity index (χ0n) is 17.0. The topological polar surface area (TPSA) is 79.1 Å². The minimum atomic E-state index is -0.781. The van der Waals surface area contributed by atoms with Crippen molar-refractivity contribution in [3.8, 4) is 23.1 Å². The van der Waals surface area contributed by atoms with Crippen molar-refractivity contribution in [2.45, 2.75) is 38.5 Å². The molecule has 6 nitrogen and oxygen atoms in total. The highest BCUT2D eigenvalue weighted by molar-refractivity contribution is 5.86. The summed E-state index contributed by atoms with van der Waals surface area (Å²) in [5, 5.41) is 9.53. The Kier molecular flexibility index (Phi) is 5.23. The first-order valence-electron chi connectivity index (χ1n) is 10.2. The first-order valence-corrected chi connectivity index (χ1v) is 10.2. The maximum Gasteiger partial charge on any atom is 0.243 e. The van der Waals surface area contributed by atoms with Crippen LogP contribution in [0.2, 0.25) is 0 Å². The number of carbonyl (C=O) groups is 1. The number of hydrogen-bond acceptors (Lipinski definition) is 5. The van der Waals surface area contributed by atoms with Crippen LogP contribution in [0.4, 0.5) is 0 Å². The van der Waals surface area contributed by atoms with Gasteiger partial charge in [0.25, 0.3) is 0 Å². The Hall–Kier alpha value is -2.94. The number of benzene rings is 1. The molecule has 2 heterocycles. The van der Waals surface area contributed by atoms with Gasteiger partial charge in [-0.1, -0.05) is 6.92 Å². The standard InChI is InChI=1S/C23H26N4O2/c1-16-13-23(14-16,15-24)22(28)27-11-8-18(9-12-27)21-25-10-7-20(26-21)17-3-5-19(29-2)6-4-17/h3-7,10,16,18H,8-9,11-14H2,1-2H3. The summed E-state index contributed by atoms with van der Waals surface area (Å²) in [7, 11) is 1.65. The van der Waals surface area contributed by atoms with Gasteiger partial charge in [0, 0.05) is 30.8 Å². The van der Waals surface area contributed by atoms with Crippen molar-refractivity contribution in [2.24, 2.45) is 11.3 Å². The van der Waals surface area contributed by atoms with E-state index in [2.05, 4.69) is 18.0 Å². The average Bonchev–Trinajstić information content (AvgIpc) is 2.76. The van der Waals surface area contributed by atoms with Crippen LogP contribution in [-0.2, 0) is 4.79 Å². The number of ether oxygens (including phenoxy) is 1. The molecule has 1 saturated heterocycles. The van der Waals surface area contributed by atoms with Crippen molar-refractivity contribution in [3.05, 3.63) is 42.4 Å². The SMILES string of the molecule is COc1ccc(-c2ccnc(C3CCN(C(=O)C4(C#N)CC(C)C4)CC3)n2)cc1. The number of rotatable bonds is 4. The van der Waals surface area contributed by atoms with Gasteiger partial charge in [-0.2, -0.15) is 5.26 Å². The molecule has 4 rings (SSSR count). The Morgan fingerprint density at radius 3 is 2.48 bits per heavy atom. The van der Waals surface area contributed by atoms with Gasteiger partial charge < -0.3 is 9.64 Å². The minimum absolute atomic E-state index is 0.0180. The molecule has 1 aliphatic heterocycles. The quantitative estimate of drug-likeness (QED) is 0.793.